The molecular weight excluding hydrogens is 221 g/mol. The third kappa shape index (κ3) is 2.33. The van der Waals surface area contributed by atoms with E-state index < -0.39 is 11.4 Å². The number of halogens is 1. The first kappa shape index (κ1) is 12.5. The highest BCUT2D eigenvalue weighted by molar-refractivity contribution is 5.22. The smallest absolute Gasteiger partial charge is 0.147 e. The van der Waals surface area contributed by atoms with E-state index in [1.54, 1.807) is 6.07 Å². The van der Waals surface area contributed by atoms with E-state index in [4.69, 9.17) is 4.74 Å². The van der Waals surface area contributed by atoms with Gasteiger partial charge < -0.3 is 9.84 Å². The number of hydrogen-bond donors (Lipinski definition) is 1. The molecule has 2 atom stereocenters. The van der Waals surface area contributed by atoms with E-state index in [0.717, 1.165) is 12.6 Å². The van der Waals surface area contributed by atoms with Crippen molar-refractivity contribution >= 4 is 0 Å². The second kappa shape index (κ2) is 4.35. The number of aliphatic hydroxyl groups is 1. The van der Waals surface area contributed by atoms with Crippen LogP contribution in [0.25, 0.3) is 0 Å². The van der Waals surface area contributed by atoms with Crippen molar-refractivity contribution in [3.63, 3.8) is 0 Å². The van der Waals surface area contributed by atoms with Gasteiger partial charge in [0.05, 0.1) is 24.0 Å². The summed E-state index contributed by atoms with van der Waals surface area (Å²) in [4.78, 5) is 3.71. The molecule has 1 aromatic rings. The summed E-state index contributed by atoms with van der Waals surface area (Å²) in [6.45, 7) is 4.41. The molecule has 2 unspecified atom stereocenters. The van der Waals surface area contributed by atoms with E-state index in [2.05, 4.69) is 4.98 Å². The maximum Gasteiger partial charge on any atom is 0.147 e. The summed E-state index contributed by atoms with van der Waals surface area (Å²) in [6, 6.07) is 1.55. The number of rotatable bonds is 2. The Bertz CT molecular complexity index is 412. The fourth-order valence-corrected chi connectivity index (χ4v) is 2.43. The molecule has 0 amide bonds. The molecule has 1 fully saturated rings. The maximum absolute atomic E-state index is 13.7. The van der Waals surface area contributed by atoms with Crippen LogP contribution in [-0.2, 0) is 10.3 Å². The van der Waals surface area contributed by atoms with Gasteiger partial charge in [0.25, 0.3) is 0 Å². The Kier molecular flexibility index (Phi) is 3.19. The first-order valence-corrected chi connectivity index (χ1v) is 5.95. The lowest BCUT2D eigenvalue weighted by molar-refractivity contribution is -0.158. The molecule has 2 heterocycles. The zero-order chi connectivity index (χ0) is 12.5. The van der Waals surface area contributed by atoms with Gasteiger partial charge in [0.15, 0.2) is 0 Å². The molecule has 1 N–H and O–H groups in total. The van der Waals surface area contributed by atoms with Crippen LogP contribution in [0.4, 0.5) is 4.39 Å². The summed E-state index contributed by atoms with van der Waals surface area (Å²) in [5.41, 5.74) is -1.20. The lowest BCUT2D eigenvalue weighted by atomic mass is 9.78. The molecule has 0 bridgehead atoms. The Hall–Kier alpha value is -1.00. The summed E-state index contributed by atoms with van der Waals surface area (Å²) in [7, 11) is 0. The molecule has 1 aromatic heterocycles. The van der Waals surface area contributed by atoms with Gasteiger partial charge in [0.2, 0.25) is 0 Å². The fourth-order valence-electron chi connectivity index (χ4n) is 2.43. The molecule has 1 aliphatic heterocycles. The van der Waals surface area contributed by atoms with Gasteiger partial charge in [-0.25, -0.2) is 4.39 Å². The summed E-state index contributed by atoms with van der Waals surface area (Å²) in [6.07, 6.45) is 4.28. The van der Waals surface area contributed by atoms with Gasteiger partial charge in [-0.3, -0.25) is 4.98 Å². The Morgan fingerprint density at radius 3 is 3.00 bits per heavy atom. The number of aromatic nitrogens is 1. The average molecular weight is 239 g/mol. The van der Waals surface area contributed by atoms with Crippen molar-refractivity contribution < 1.29 is 14.2 Å². The SMILES string of the molecule is CCC1(C)CC(O)(c2ccncc2F)CCO1. The van der Waals surface area contributed by atoms with E-state index in [1.165, 1.54) is 6.20 Å². The van der Waals surface area contributed by atoms with Gasteiger partial charge in [-0.05, 0) is 19.4 Å². The van der Waals surface area contributed by atoms with Crippen molar-refractivity contribution in [2.75, 3.05) is 6.61 Å². The van der Waals surface area contributed by atoms with Crippen LogP contribution in [0.3, 0.4) is 0 Å². The van der Waals surface area contributed by atoms with Crippen LogP contribution in [0.1, 0.15) is 38.7 Å². The molecule has 0 aromatic carbocycles. The highest BCUT2D eigenvalue weighted by Gasteiger charge is 2.43. The first-order valence-electron chi connectivity index (χ1n) is 5.95. The first-order chi connectivity index (χ1) is 7.99. The standard InChI is InChI=1S/C13H18FNO2/c1-3-12(2)9-13(16,5-7-17-12)10-4-6-15-8-11(10)14/h4,6,8,16H,3,5,7,9H2,1-2H3. The Morgan fingerprint density at radius 1 is 1.59 bits per heavy atom. The average Bonchev–Trinajstić information content (AvgIpc) is 2.29. The van der Waals surface area contributed by atoms with Gasteiger partial charge in [0, 0.05) is 24.6 Å². The summed E-state index contributed by atoms with van der Waals surface area (Å²) in [5.74, 6) is -0.449. The van der Waals surface area contributed by atoms with Crippen LogP contribution in [0, 0.1) is 5.82 Å². The van der Waals surface area contributed by atoms with Crippen LogP contribution in [0.2, 0.25) is 0 Å². The Morgan fingerprint density at radius 2 is 2.35 bits per heavy atom. The third-order valence-corrected chi connectivity index (χ3v) is 3.65. The molecular formula is C13H18FNO2. The molecule has 1 aliphatic rings. The minimum absolute atomic E-state index is 0.329. The molecule has 4 heteroatoms. The van der Waals surface area contributed by atoms with Crippen LogP contribution < -0.4 is 0 Å². The highest BCUT2D eigenvalue weighted by atomic mass is 19.1. The normalized spacial score (nSPS) is 33.6. The molecule has 1 saturated heterocycles. The van der Waals surface area contributed by atoms with Crippen LogP contribution in [-0.4, -0.2) is 22.3 Å². The Balaban J connectivity index is 2.33. The topological polar surface area (TPSA) is 42.4 Å². The monoisotopic (exact) mass is 239 g/mol. The summed E-state index contributed by atoms with van der Waals surface area (Å²) < 4.78 is 19.4. The van der Waals surface area contributed by atoms with Gasteiger partial charge >= 0.3 is 0 Å². The number of hydrogen-bond acceptors (Lipinski definition) is 3. The van der Waals surface area contributed by atoms with Crippen molar-refractivity contribution in [1.29, 1.82) is 0 Å². The molecule has 94 valence electrons. The molecule has 17 heavy (non-hydrogen) atoms. The largest absolute Gasteiger partial charge is 0.385 e. The molecule has 2 rings (SSSR count). The van der Waals surface area contributed by atoms with Crippen LogP contribution in [0.15, 0.2) is 18.5 Å². The van der Waals surface area contributed by atoms with Gasteiger partial charge in [0.1, 0.15) is 5.82 Å². The highest BCUT2D eigenvalue weighted by Crippen LogP contribution is 2.41. The van der Waals surface area contributed by atoms with Gasteiger partial charge in [-0.2, -0.15) is 0 Å². The minimum Gasteiger partial charge on any atom is -0.385 e. The number of nitrogens with zero attached hydrogens (tertiary/aromatic N) is 1. The zero-order valence-corrected chi connectivity index (χ0v) is 10.2. The fraction of sp³-hybridized carbons (Fsp3) is 0.615. The molecule has 0 spiro atoms. The zero-order valence-electron chi connectivity index (χ0n) is 10.2. The van der Waals surface area contributed by atoms with Gasteiger partial charge in [-0.15, -0.1) is 0 Å². The van der Waals surface area contributed by atoms with E-state index in [1.807, 2.05) is 13.8 Å². The lowest BCUT2D eigenvalue weighted by Crippen LogP contribution is -2.45. The van der Waals surface area contributed by atoms with Crippen LogP contribution in [0.5, 0.6) is 0 Å². The minimum atomic E-state index is -1.14. The van der Waals surface area contributed by atoms with Crippen LogP contribution >= 0.6 is 0 Å². The predicted octanol–water partition coefficient (Wildman–Crippen LogP) is 2.39. The molecule has 3 nitrogen and oxygen atoms in total. The van der Waals surface area contributed by atoms with E-state index in [0.29, 0.717) is 25.0 Å². The third-order valence-electron chi connectivity index (χ3n) is 3.65. The second-order valence-corrected chi connectivity index (χ2v) is 4.97. The van der Waals surface area contributed by atoms with Crippen molar-refractivity contribution in [3.05, 3.63) is 29.8 Å². The molecule has 0 radical (unpaired) electrons. The molecule has 0 saturated carbocycles. The second-order valence-electron chi connectivity index (χ2n) is 4.97. The van der Waals surface area contributed by atoms with E-state index >= 15 is 0 Å². The lowest BCUT2D eigenvalue weighted by Gasteiger charge is -2.43. The van der Waals surface area contributed by atoms with Crippen molar-refractivity contribution in [3.8, 4) is 0 Å². The summed E-state index contributed by atoms with van der Waals surface area (Å²) >= 11 is 0. The van der Waals surface area contributed by atoms with Crippen molar-refractivity contribution in [1.82, 2.24) is 4.98 Å². The molecule has 0 aliphatic carbocycles. The summed E-state index contributed by atoms with van der Waals surface area (Å²) in [5, 5.41) is 10.6. The number of pyridine rings is 1. The Labute approximate surface area is 101 Å². The number of ether oxygens (including phenoxy) is 1. The quantitative estimate of drug-likeness (QED) is 0.861. The predicted molar refractivity (Wildman–Crippen MR) is 62.0 cm³/mol. The van der Waals surface area contributed by atoms with E-state index in [-0.39, 0.29) is 5.60 Å². The maximum atomic E-state index is 13.7. The van der Waals surface area contributed by atoms with E-state index in [9.17, 15) is 9.50 Å². The van der Waals surface area contributed by atoms with Crippen molar-refractivity contribution in [2.24, 2.45) is 0 Å². The van der Waals surface area contributed by atoms with Crippen molar-refractivity contribution in [2.45, 2.75) is 44.3 Å². The van der Waals surface area contributed by atoms with Gasteiger partial charge in [-0.1, -0.05) is 6.92 Å².